The molecule has 1 atom stereocenters. The number of nitrogens with one attached hydrogen (secondary N) is 2. The number of amides is 1. The average Bonchev–Trinajstić information content (AvgIpc) is 2.36. The summed E-state index contributed by atoms with van der Waals surface area (Å²) in [5.74, 6) is -3.28. The van der Waals surface area contributed by atoms with Crippen LogP contribution in [0.5, 0.6) is 0 Å². The molecule has 4 N–H and O–H groups in total. The predicted octanol–water partition coefficient (Wildman–Crippen LogP) is -1.20. The fourth-order valence-corrected chi connectivity index (χ4v) is 1.77. The molecule has 1 aliphatic heterocycles. The summed E-state index contributed by atoms with van der Waals surface area (Å²) in [7, 11) is 0. The molecule has 1 aliphatic rings. The third-order valence-corrected chi connectivity index (χ3v) is 2.75. The first kappa shape index (κ1) is 15.4. The van der Waals surface area contributed by atoms with Crippen LogP contribution in [-0.4, -0.2) is 59.9 Å². The number of carbonyl (C=O) groups excluding carboxylic acids is 1. The fraction of sp³-hybridized carbons (Fsp3) is 0.727. The van der Waals surface area contributed by atoms with Crippen LogP contribution >= 0.6 is 0 Å². The summed E-state index contributed by atoms with van der Waals surface area (Å²) in [4.78, 5) is 32.7. The molecule has 1 amide bonds. The molecule has 0 spiro atoms. The first-order chi connectivity index (χ1) is 8.99. The minimum atomic E-state index is -1.43. The number of piperidine rings is 1. The summed E-state index contributed by atoms with van der Waals surface area (Å²) >= 11 is 0. The van der Waals surface area contributed by atoms with Crippen LogP contribution in [0, 0.1) is 0 Å². The van der Waals surface area contributed by atoms with Gasteiger partial charge >= 0.3 is 11.9 Å². The van der Waals surface area contributed by atoms with Crippen molar-refractivity contribution in [3.63, 3.8) is 0 Å². The van der Waals surface area contributed by atoms with Crippen LogP contribution in [-0.2, 0) is 19.1 Å². The van der Waals surface area contributed by atoms with E-state index in [4.69, 9.17) is 14.9 Å². The minimum Gasteiger partial charge on any atom is -0.481 e. The molecule has 8 nitrogen and oxygen atoms in total. The van der Waals surface area contributed by atoms with E-state index in [2.05, 4.69) is 10.6 Å². The molecule has 1 heterocycles. The number of carboxylic acid groups (broad SMARTS) is 2. The van der Waals surface area contributed by atoms with Gasteiger partial charge in [-0.15, -0.1) is 0 Å². The Kier molecular flexibility index (Phi) is 6.23. The Morgan fingerprint density at radius 3 is 2.42 bits per heavy atom. The number of rotatable bonds is 7. The molecule has 1 saturated heterocycles. The molecule has 1 unspecified atom stereocenters. The summed E-state index contributed by atoms with van der Waals surface area (Å²) in [6.07, 6.45) is 0.916. The summed E-state index contributed by atoms with van der Waals surface area (Å²) < 4.78 is 5.34. The molecule has 0 radical (unpaired) electrons. The molecule has 108 valence electrons. The van der Waals surface area contributed by atoms with Gasteiger partial charge in [-0.1, -0.05) is 0 Å². The number of ether oxygens (including phenoxy) is 1. The van der Waals surface area contributed by atoms with Gasteiger partial charge in [0, 0.05) is 0 Å². The van der Waals surface area contributed by atoms with E-state index in [0.717, 1.165) is 25.9 Å². The summed E-state index contributed by atoms with van der Waals surface area (Å²) in [6.45, 7) is 1.39. The highest BCUT2D eigenvalue weighted by Gasteiger charge is 2.23. The molecule has 0 bridgehead atoms. The van der Waals surface area contributed by atoms with E-state index in [0.29, 0.717) is 0 Å². The molecule has 1 fully saturated rings. The van der Waals surface area contributed by atoms with Gasteiger partial charge in [0.15, 0.2) is 0 Å². The van der Waals surface area contributed by atoms with Crippen molar-refractivity contribution in [3.05, 3.63) is 0 Å². The second-order valence-electron chi connectivity index (χ2n) is 4.32. The molecule has 0 aromatic rings. The Morgan fingerprint density at radius 2 is 1.89 bits per heavy atom. The van der Waals surface area contributed by atoms with Crippen molar-refractivity contribution in [1.82, 2.24) is 10.6 Å². The number of aliphatic carboxylic acids is 2. The van der Waals surface area contributed by atoms with Gasteiger partial charge in [0.1, 0.15) is 12.6 Å². The highest BCUT2D eigenvalue weighted by molar-refractivity contribution is 5.87. The van der Waals surface area contributed by atoms with Crippen molar-refractivity contribution >= 4 is 17.8 Å². The maximum atomic E-state index is 11.5. The van der Waals surface area contributed by atoms with Crippen LogP contribution < -0.4 is 10.6 Å². The number of hydrogen-bond donors (Lipinski definition) is 4. The molecule has 0 saturated carbocycles. The van der Waals surface area contributed by atoms with Gasteiger partial charge in [-0.25, -0.2) is 4.79 Å². The van der Waals surface area contributed by atoms with E-state index in [-0.39, 0.29) is 12.7 Å². The molecule has 19 heavy (non-hydrogen) atoms. The zero-order valence-corrected chi connectivity index (χ0v) is 10.4. The monoisotopic (exact) mass is 274 g/mol. The highest BCUT2D eigenvalue weighted by atomic mass is 16.5. The molecule has 1 rings (SSSR count). The summed E-state index contributed by atoms with van der Waals surface area (Å²) in [5, 5.41) is 22.6. The Labute approximate surface area is 110 Å². The van der Waals surface area contributed by atoms with Crippen LogP contribution in [0.1, 0.15) is 19.3 Å². The van der Waals surface area contributed by atoms with E-state index >= 15 is 0 Å². The Morgan fingerprint density at radius 1 is 1.26 bits per heavy atom. The highest BCUT2D eigenvalue weighted by Crippen LogP contribution is 2.06. The smallest absolute Gasteiger partial charge is 0.326 e. The lowest BCUT2D eigenvalue weighted by Gasteiger charge is -2.23. The van der Waals surface area contributed by atoms with Crippen LogP contribution in [0.4, 0.5) is 0 Å². The molecule has 0 aliphatic carbocycles. The van der Waals surface area contributed by atoms with Crippen molar-refractivity contribution < 1.29 is 29.3 Å². The van der Waals surface area contributed by atoms with E-state index in [1.54, 1.807) is 0 Å². The first-order valence-corrected chi connectivity index (χ1v) is 6.05. The predicted molar refractivity (Wildman–Crippen MR) is 63.7 cm³/mol. The normalized spacial score (nSPS) is 17.7. The van der Waals surface area contributed by atoms with E-state index in [1.807, 2.05) is 0 Å². The average molecular weight is 274 g/mol. The molecular formula is C11H18N2O6. The third kappa shape index (κ3) is 6.16. The molecule has 8 heteroatoms. The van der Waals surface area contributed by atoms with E-state index in [1.165, 1.54) is 0 Å². The van der Waals surface area contributed by atoms with Crippen LogP contribution in [0.25, 0.3) is 0 Å². The van der Waals surface area contributed by atoms with Crippen LogP contribution in [0.3, 0.4) is 0 Å². The Hall–Kier alpha value is -1.67. The zero-order valence-electron chi connectivity index (χ0n) is 10.4. The van der Waals surface area contributed by atoms with Gasteiger partial charge < -0.3 is 25.6 Å². The lowest BCUT2D eigenvalue weighted by molar-refractivity contribution is -0.148. The van der Waals surface area contributed by atoms with Crippen LogP contribution in [0.2, 0.25) is 0 Å². The second-order valence-corrected chi connectivity index (χ2v) is 4.32. The molecule has 0 aromatic carbocycles. The molecule has 0 aromatic heterocycles. The summed E-state index contributed by atoms with van der Waals surface area (Å²) in [5.41, 5.74) is 0. The van der Waals surface area contributed by atoms with Gasteiger partial charge in [0.2, 0.25) is 5.91 Å². The number of carboxylic acids is 2. The maximum absolute atomic E-state index is 11.5. The van der Waals surface area contributed by atoms with Crippen molar-refractivity contribution in [2.24, 2.45) is 0 Å². The van der Waals surface area contributed by atoms with Gasteiger partial charge in [0.25, 0.3) is 0 Å². The van der Waals surface area contributed by atoms with Crippen molar-refractivity contribution in [2.75, 3.05) is 19.7 Å². The number of hydrogen-bond acceptors (Lipinski definition) is 5. The number of carbonyl (C=O) groups is 3. The van der Waals surface area contributed by atoms with Crippen molar-refractivity contribution in [2.45, 2.75) is 31.4 Å². The minimum absolute atomic E-state index is 0.0187. The Bertz CT molecular complexity index is 340. The first-order valence-electron chi connectivity index (χ1n) is 6.05. The summed E-state index contributed by atoms with van der Waals surface area (Å²) in [6, 6.07) is -1.43. The van der Waals surface area contributed by atoms with E-state index in [9.17, 15) is 14.4 Å². The van der Waals surface area contributed by atoms with Gasteiger partial charge in [-0.3, -0.25) is 9.59 Å². The molecular weight excluding hydrogens is 256 g/mol. The Balaban J connectivity index is 2.31. The maximum Gasteiger partial charge on any atom is 0.326 e. The lowest BCUT2D eigenvalue weighted by atomic mass is 10.1. The SMILES string of the molecule is O=C(O)CC(NC(=O)COC1CCNCC1)C(=O)O. The van der Waals surface area contributed by atoms with Gasteiger partial charge in [-0.2, -0.15) is 0 Å². The van der Waals surface area contributed by atoms with E-state index < -0.39 is 30.3 Å². The zero-order chi connectivity index (χ0) is 14.3. The topological polar surface area (TPSA) is 125 Å². The third-order valence-electron chi connectivity index (χ3n) is 2.75. The van der Waals surface area contributed by atoms with Crippen molar-refractivity contribution in [1.29, 1.82) is 0 Å². The van der Waals surface area contributed by atoms with Crippen LogP contribution in [0.15, 0.2) is 0 Å². The quantitative estimate of drug-likeness (QED) is 0.459. The largest absolute Gasteiger partial charge is 0.481 e. The van der Waals surface area contributed by atoms with Gasteiger partial charge in [0.05, 0.1) is 12.5 Å². The lowest BCUT2D eigenvalue weighted by Crippen LogP contribution is -2.44. The standard InChI is InChI=1S/C11H18N2O6/c14-9(6-19-7-1-3-12-4-2-7)13-8(11(17)18)5-10(15)16/h7-8,12H,1-6H2,(H,13,14)(H,15,16)(H,17,18). The fourth-order valence-electron chi connectivity index (χ4n) is 1.77. The van der Waals surface area contributed by atoms with Crippen molar-refractivity contribution in [3.8, 4) is 0 Å². The van der Waals surface area contributed by atoms with Gasteiger partial charge in [-0.05, 0) is 25.9 Å². The second kappa shape index (κ2) is 7.70.